The number of amides is 4. The second kappa shape index (κ2) is 8.02. The van der Waals surface area contributed by atoms with Gasteiger partial charge in [0.2, 0.25) is 11.8 Å². The number of halogens is 1. The number of hydrazine groups is 1. The van der Waals surface area contributed by atoms with E-state index in [-0.39, 0.29) is 23.7 Å². The van der Waals surface area contributed by atoms with Crippen LogP contribution in [0.2, 0.25) is 0 Å². The van der Waals surface area contributed by atoms with Crippen molar-refractivity contribution in [3.63, 3.8) is 0 Å². The summed E-state index contributed by atoms with van der Waals surface area (Å²) in [4.78, 5) is 61.7. The number of hydrogen-bond donors (Lipinski definition) is 2. The summed E-state index contributed by atoms with van der Waals surface area (Å²) in [5.41, 5.74) is 4.66. The molecule has 0 aromatic heterocycles. The lowest BCUT2D eigenvalue weighted by molar-refractivity contribution is -0.155. The van der Waals surface area contributed by atoms with Gasteiger partial charge in [-0.25, -0.2) is 0 Å². The van der Waals surface area contributed by atoms with Crippen molar-refractivity contribution in [1.29, 1.82) is 0 Å². The van der Waals surface area contributed by atoms with Gasteiger partial charge in [-0.1, -0.05) is 28.1 Å². The number of benzene rings is 1. The Bertz CT molecular complexity index is 930. The molecule has 10 heteroatoms. The second-order valence-electron chi connectivity index (χ2n) is 7.43. The summed E-state index contributed by atoms with van der Waals surface area (Å²) in [7, 11) is 0. The monoisotopic (exact) mass is 475 g/mol. The Balaban J connectivity index is 1.22. The molecule has 0 radical (unpaired) electrons. The van der Waals surface area contributed by atoms with Crippen LogP contribution in [-0.2, 0) is 23.9 Å². The van der Waals surface area contributed by atoms with Crippen molar-refractivity contribution >= 4 is 45.5 Å². The van der Waals surface area contributed by atoms with Crippen LogP contribution in [0.3, 0.4) is 0 Å². The van der Waals surface area contributed by atoms with Crippen LogP contribution in [0, 0.1) is 23.7 Å². The van der Waals surface area contributed by atoms with Crippen LogP contribution in [0.25, 0.3) is 0 Å². The zero-order valence-electron chi connectivity index (χ0n) is 15.7. The number of fused-ring (bicyclic) bond motifs is 5. The van der Waals surface area contributed by atoms with Gasteiger partial charge in [-0.05, 0) is 42.5 Å². The first-order valence-corrected chi connectivity index (χ1v) is 10.2. The average molecular weight is 476 g/mol. The molecule has 2 aliphatic carbocycles. The van der Waals surface area contributed by atoms with E-state index in [9.17, 15) is 24.0 Å². The molecule has 1 aromatic rings. The standard InChI is InChI=1S/C20H18BrN3O6/c21-13-5-3-10(4-6-13)18(27)23-22-14(25)9-30-15(26)8-24-19(28)16-11-1-2-12(7-11)17(16)20(24)29/h1-6,11-12,16-17H,7-9H2,(H,22,25)(H,23,27)/t11-,12-,16-,17-/m0/s1. The van der Waals surface area contributed by atoms with Gasteiger partial charge in [0.05, 0.1) is 11.8 Å². The van der Waals surface area contributed by atoms with Crippen LogP contribution < -0.4 is 10.9 Å². The summed E-state index contributed by atoms with van der Waals surface area (Å²) in [5, 5.41) is 0. The van der Waals surface area contributed by atoms with Gasteiger partial charge >= 0.3 is 5.97 Å². The van der Waals surface area contributed by atoms with Crippen molar-refractivity contribution in [2.24, 2.45) is 23.7 Å². The molecule has 3 aliphatic rings. The van der Waals surface area contributed by atoms with E-state index in [4.69, 9.17) is 4.74 Å². The van der Waals surface area contributed by atoms with Gasteiger partial charge in [0.1, 0.15) is 6.54 Å². The summed E-state index contributed by atoms with van der Waals surface area (Å²) in [6.45, 7) is -1.18. The molecular formula is C20H18BrN3O6. The Morgan fingerprint density at radius 1 is 1.00 bits per heavy atom. The fraction of sp³-hybridized carbons (Fsp3) is 0.350. The van der Waals surface area contributed by atoms with Gasteiger partial charge in [0.25, 0.3) is 11.8 Å². The third-order valence-electron chi connectivity index (χ3n) is 5.63. The van der Waals surface area contributed by atoms with Gasteiger partial charge in [-0.15, -0.1) is 0 Å². The third-order valence-corrected chi connectivity index (χ3v) is 6.16. The molecule has 9 nitrogen and oxygen atoms in total. The summed E-state index contributed by atoms with van der Waals surface area (Å²) in [6.07, 6.45) is 4.73. The fourth-order valence-electron chi connectivity index (χ4n) is 4.28. The summed E-state index contributed by atoms with van der Waals surface area (Å²) >= 11 is 3.25. The SMILES string of the molecule is O=C(COC(=O)CN1C(=O)[C@@H]2[C@@H](C1=O)[C@H]1C=C[C@H]2C1)NNC(=O)c1ccc(Br)cc1. The Morgan fingerprint density at radius 3 is 2.20 bits per heavy atom. The van der Waals surface area contributed by atoms with Gasteiger partial charge in [-0.2, -0.15) is 0 Å². The highest BCUT2D eigenvalue weighted by Gasteiger charge is 2.59. The van der Waals surface area contributed by atoms with Crippen LogP contribution >= 0.6 is 15.9 Å². The molecule has 30 heavy (non-hydrogen) atoms. The number of ether oxygens (including phenoxy) is 1. The van der Waals surface area contributed by atoms with Crippen LogP contribution in [-0.4, -0.2) is 47.6 Å². The van der Waals surface area contributed by atoms with E-state index < -0.39 is 42.8 Å². The molecule has 2 N–H and O–H groups in total. The summed E-state index contributed by atoms with van der Waals surface area (Å²) in [6, 6.07) is 6.48. The van der Waals surface area contributed by atoms with Crippen molar-refractivity contribution in [2.45, 2.75) is 6.42 Å². The number of carbonyl (C=O) groups is 5. The summed E-state index contributed by atoms with van der Waals surface area (Å²) < 4.78 is 5.64. The Morgan fingerprint density at radius 2 is 1.60 bits per heavy atom. The molecule has 0 spiro atoms. The first-order valence-electron chi connectivity index (χ1n) is 9.39. The number of nitrogens with one attached hydrogen (secondary N) is 2. The smallest absolute Gasteiger partial charge is 0.326 e. The summed E-state index contributed by atoms with van der Waals surface area (Å²) in [5.74, 6) is -3.55. The number of carbonyl (C=O) groups excluding carboxylic acids is 5. The topological polar surface area (TPSA) is 122 Å². The number of esters is 1. The lowest BCUT2D eigenvalue weighted by Gasteiger charge is -2.16. The highest BCUT2D eigenvalue weighted by atomic mass is 79.9. The zero-order valence-corrected chi connectivity index (χ0v) is 17.3. The average Bonchev–Trinajstić information content (AvgIpc) is 3.41. The van der Waals surface area contributed by atoms with Crippen molar-refractivity contribution < 1.29 is 28.7 Å². The van der Waals surface area contributed by atoms with Crippen LogP contribution in [0.4, 0.5) is 0 Å². The maximum atomic E-state index is 12.5. The normalized spacial score (nSPS) is 26.0. The molecule has 1 aliphatic heterocycles. The van der Waals surface area contributed by atoms with Crippen molar-refractivity contribution in [2.75, 3.05) is 13.2 Å². The second-order valence-corrected chi connectivity index (χ2v) is 8.35. The van der Waals surface area contributed by atoms with E-state index >= 15 is 0 Å². The van der Waals surface area contributed by atoms with Gasteiger partial charge < -0.3 is 4.74 Å². The molecule has 1 saturated carbocycles. The molecule has 4 atom stereocenters. The number of likely N-dealkylation sites (tertiary alicyclic amines) is 1. The fourth-order valence-corrected chi connectivity index (χ4v) is 4.54. The minimum atomic E-state index is -0.869. The molecular weight excluding hydrogens is 458 g/mol. The number of nitrogens with zero attached hydrogens (tertiary/aromatic N) is 1. The molecule has 1 heterocycles. The first-order chi connectivity index (χ1) is 14.3. The first kappa shape index (κ1) is 20.3. The van der Waals surface area contributed by atoms with E-state index in [0.29, 0.717) is 5.56 Å². The highest BCUT2D eigenvalue weighted by Crippen LogP contribution is 2.52. The number of imide groups is 1. The predicted octanol–water partition coefficient (Wildman–Crippen LogP) is 0.560. The van der Waals surface area contributed by atoms with Crippen molar-refractivity contribution in [3.05, 3.63) is 46.5 Å². The molecule has 156 valence electrons. The molecule has 2 bridgehead atoms. The lowest BCUT2D eigenvalue weighted by Crippen LogP contribution is -2.44. The molecule has 4 amide bonds. The zero-order chi connectivity index (χ0) is 21.4. The Labute approximate surface area is 179 Å². The third kappa shape index (κ3) is 3.74. The number of rotatable bonds is 5. The van der Waals surface area contributed by atoms with Crippen LogP contribution in [0.1, 0.15) is 16.8 Å². The van der Waals surface area contributed by atoms with E-state index in [1.54, 1.807) is 24.3 Å². The van der Waals surface area contributed by atoms with E-state index in [2.05, 4.69) is 26.8 Å². The highest BCUT2D eigenvalue weighted by molar-refractivity contribution is 9.10. The number of allylic oxidation sites excluding steroid dienone is 2. The molecule has 0 unspecified atom stereocenters. The van der Waals surface area contributed by atoms with Crippen molar-refractivity contribution in [1.82, 2.24) is 15.8 Å². The molecule has 4 rings (SSSR count). The maximum absolute atomic E-state index is 12.5. The minimum Gasteiger partial charge on any atom is -0.454 e. The van der Waals surface area contributed by atoms with Crippen LogP contribution in [0.15, 0.2) is 40.9 Å². The quantitative estimate of drug-likeness (QED) is 0.277. The number of hydrogen-bond acceptors (Lipinski definition) is 6. The van der Waals surface area contributed by atoms with Gasteiger partial charge in [0, 0.05) is 10.0 Å². The van der Waals surface area contributed by atoms with E-state index in [0.717, 1.165) is 15.8 Å². The Hall–Kier alpha value is -3.01. The van der Waals surface area contributed by atoms with Gasteiger partial charge in [0.15, 0.2) is 6.61 Å². The molecule has 1 saturated heterocycles. The minimum absolute atomic E-state index is 0.0533. The van der Waals surface area contributed by atoms with Crippen LogP contribution in [0.5, 0.6) is 0 Å². The van der Waals surface area contributed by atoms with E-state index in [1.807, 2.05) is 12.2 Å². The van der Waals surface area contributed by atoms with E-state index in [1.165, 1.54) is 0 Å². The van der Waals surface area contributed by atoms with Crippen molar-refractivity contribution in [3.8, 4) is 0 Å². The largest absolute Gasteiger partial charge is 0.454 e. The predicted molar refractivity (Wildman–Crippen MR) is 105 cm³/mol. The maximum Gasteiger partial charge on any atom is 0.326 e. The lowest BCUT2D eigenvalue weighted by atomic mass is 9.85. The van der Waals surface area contributed by atoms with Gasteiger partial charge in [-0.3, -0.25) is 39.7 Å². The molecule has 2 fully saturated rings. The Kier molecular flexibility index (Phi) is 5.42. The molecule has 1 aromatic carbocycles.